The fraction of sp³-hybridized carbons (Fsp3) is 0.222. The van der Waals surface area contributed by atoms with Crippen molar-refractivity contribution >= 4 is 17.3 Å². The summed E-state index contributed by atoms with van der Waals surface area (Å²) in [5.41, 5.74) is 7.94. The fourth-order valence-corrected chi connectivity index (χ4v) is 3.33. The number of hydrogen-bond acceptors (Lipinski definition) is 7. The molecule has 144 valence electrons. The van der Waals surface area contributed by atoms with Crippen molar-refractivity contribution in [3.63, 3.8) is 0 Å². The smallest absolute Gasteiger partial charge is 0.285 e. The van der Waals surface area contributed by atoms with Crippen molar-refractivity contribution in [2.45, 2.75) is 19.5 Å². The average Bonchev–Trinajstić information content (AvgIpc) is 2.71. The summed E-state index contributed by atoms with van der Waals surface area (Å²) in [7, 11) is 0. The lowest BCUT2D eigenvalue weighted by Gasteiger charge is -2.30. The van der Waals surface area contributed by atoms with E-state index in [-0.39, 0.29) is 17.4 Å². The van der Waals surface area contributed by atoms with E-state index in [0.717, 1.165) is 11.3 Å². The molecular weight excluding hydrogens is 387 g/mol. The quantitative estimate of drug-likeness (QED) is 0.688. The summed E-state index contributed by atoms with van der Waals surface area (Å²) in [4.78, 5) is 22.2. The number of nitrogens with one attached hydrogen (secondary N) is 1. The lowest BCUT2D eigenvalue weighted by Crippen LogP contribution is -2.33. The molecule has 0 aliphatic carbocycles. The van der Waals surface area contributed by atoms with E-state index in [1.54, 1.807) is 0 Å². The number of nitrogens with two attached hydrogens (primary N) is 1. The molecule has 0 amide bonds. The highest BCUT2D eigenvalue weighted by atomic mass is 35.5. The molecular formula is C18H16ClFN6O2. The van der Waals surface area contributed by atoms with Gasteiger partial charge in [0.25, 0.3) is 5.56 Å². The number of ether oxygens (including phenoxy) is 1. The predicted molar refractivity (Wildman–Crippen MR) is 101 cm³/mol. The van der Waals surface area contributed by atoms with Crippen molar-refractivity contribution in [2.75, 3.05) is 11.4 Å². The molecule has 0 spiro atoms. The molecule has 0 saturated heterocycles. The third kappa shape index (κ3) is 3.41. The summed E-state index contributed by atoms with van der Waals surface area (Å²) in [5, 5.41) is 6.20. The van der Waals surface area contributed by atoms with Crippen LogP contribution in [0.1, 0.15) is 16.8 Å². The molecule has 1 aromatic carbocycles. The van der Waals surface area contributed by atoms with E-state index in [0.29, 0.717) is 42.4 Å². The first kappa shape index (κ1) is 18.3. The first-order valence-electron chi connectivity index (χ1n) is 8.54. The molecule has 0 atom stereocenters. The van der Waals surface area contributed by atoms with E-state index in [1.165, 1.54) is 30.7 Å². The SMILES string of the molecule is NCc1cc(F)ccc1Oc1ncnc2c1CCN(c1cn[nH]c(=O)c1Cl)C2. The maximum atomic E-state index is 13.4. The molecule has 10 heteroatoms. The van der Waals surface area contributed by atoms with Crippen LogP contribution in [0.15, 0.2) is 35.5 Å². The van der Waals surface area contributed by atoms with Crippen LogP contribution in [0.4, 0.5) is 10.1 Å². The Morgan fingerprint density at radius 1 is 1.36 bits per heavy atom. The zero-order chi connectivity index (χ0) is 19.7. The molecule has 0 bridgehead atoms. The Balaban J connectivity index is 1.64. The van der Waals surface area contributed by atoms with Crippen molar-refractivity contribution in [3.8, 4) is 11.6 Å². The summed E-state index contributed by atoms with van der Waals surface area (Å²) in [6.45, 7) is 1.14. The van der Waals surface area contributed by atoms with Crippen molar-refractivity contribution in [1.82, 2.24) is 20.2 Å². The summed E-state index contributed by atoms with van der Waals surface area (Å²) >= 11 is 6.11. The number of benzene rings is 1. The molecule has 3 aromatic rings. The molecule has 3 N–H and O–H groups in total. The molecule has 1 aliphatic rings. The van der Waals surface area contributed by atoms with Crippen LogP contribution >= 0.6 is 11.6 Å². The Hall–Kier alpha value is -3.04. The largest absolute Gasteiger partial charge is 0.438 e. The summed E-state index contributed by atoms with van der Waals surface area (Å²) in [6.07, 6.45) is 3.49. The van der Waals surface area contributed by atoms with Crippen molar-refractivity contribution < 1.29 is 9.13 Å². The van der Waals surface area contributed by atoms with Gasteiger partial charge >= 0.3 is 0 Å². The van der Waals surface area contributed by atoms with Gasteiger partial charge in [-0.2, -0.15) is 5.10 Å². The molecule has 0 radical (unpaired) electrons. The lowest BCUT2D eigenvalue weighted by atomic mass is 10.1. The lowest BCUT2D eigenvalue weighted by molar-refractivity contribution is 0.442. The standard InChI is InChI=1S/C18H16ClFN6O2/c19-16-14(7-24-25-17(16)27)26-4-3-12-13(8-26)22-9-23-18(12)28-15-2-1-11(20)5-10(15)6-21/h1-2,5,7,9H,3-4,6,8,21H2,(H,25,27). The molecule has 3 heterocycles. The van der Waals surface area contributed by atoms with Gasteiger partial charge in [0.15, 0.2) is 0 Å². The highest BCUT2D eigenvalue weighted by Gasteiger charge is 2.24. The van der Waals surface area contributed by atoms with Crippen molar-refractivity contribution in [3.05, 3.63) is 68.7 Å². The topological polar surface area (TPSA) is 110 Å². The van der Waals surface area contributed by atoms with Gasteiger partial charge in [-0.05, 0) is 24.6 Å². The van der Waals surface area contributed by atoms with Gasteiger partial charge in [-0.15, -0.1) is 0 Å². The second-order valence-electron chi connectivity index (χ2n) is 6.23. The second-order valence-corrected chi connectivity index (χ2v) is 6.61. The average molecular weight is 403 g/mol. The number of aromatic nitrogens is 4. The number of aromatic amines is 1. The van der Waals surface area contributed by atoms with Crippen LogP contribution in [0.5, 0.6) is 11.6 Å². The minimum Gasteiger partial charge on any atom is -0.438 e. The van der Waals surface area contributed by atoms with Gasteiger partial charge in [-0.1, -0.05) is 11.6 Å². The fourth-order valence-electron chi connectivity index (χ4n) is 3.12. The molecule has 0 unspecified atom stereocenters. The minimum atomic E-state index is -0.442. The first-order chi connectivity index (χ1) is 13.6. The third-order valence-corrected chi connectivity index (χ3v) is 4.90. The molecule has 0 fully saturated rings. The minimum absolute atomic E-state index is 0.0860. The highest BCUT2D eigenvalue weighted by Crippen LogP contribution is 2.32. The monoisotopic (exact) mass is 402 g/mol. The van der Waals surface area contributed by atoms with Gasteiger partial charge in [0.05, 0.1) is 24.1 Å². The molecule has 0 saturated carbocycles. The maximum Gasteiger partial charge on any atom is 0.285 e. The van der Waals surface area contributed by atoms with Gasteiger partial charge in [-0.3, -0.25) is 4.79 Å². The van der Waals surface area contributed by atoms with Crippen molar-refractivity contribution in [1.29, 1.82) is 0 Å². The van der Waals surface area contributed by atoms with Crippen molar-refractivity contribution in [2.24, 2.45) is 5.73 Å². The van der Waals surface area contributed by atoms with E-state index in [1.807, 2.05) is 4.90 Å². The summed E-state index contributed by atoms with van der Waals surface area (Å²) in [5.74, 6) is 0.478. The van der Waals surface area contributed by atoms with E-state index in [9.17, 15) is 9.18 Å². The number of rotatable bonds is 4. The van der Waals surface area contributed by atoms with E-state index in [2.05, 4.69) is 20.2 Å². The number of halogens is 2. The van der Waals surface area contributed by atoms with Crippen LogP contribution in [-0.4, -0.2) is 26.7 Å². The normalized spacial score (nSPS) is 13.3. The zero-order valence-corrected chi connectivity index (χ0v) is 15.4. The number of hydrogen-bond donors (Lipinski definition) is 2. The summed E-state index contributed by atoms with van der Waals surface area (Å²) < 4.78 is 19.4. The van der Waals surface area contributed by atoms with Crippen LogP contribution in [-0.2, 0) is 19.5 Å². The molecule has 8 nitrogen and oxygen atoms in total. The Labute approximate surface area is 164 Å². The summed E-state index contributed by atoms with van der Waals surface area (Å²) in [6, 6.07) is 4.18. The van der Waals surface area contributed by atoms with Crippen LogP contribution in [0, 0.1) is 5.82 Å². The molecule has 4 rings (SSSR count). The number of H-pyrrole nitrogens is 1. The van der Waals surface area contributed by atoms with Crippen LogP contribution in [0.2, 0.25) is 5.02 Å². The number of nitrogens with zero attached hydrogens (tertiary/aromatic N) is 4. The van der Waals surface area contributed by atoms with Gasteiger partial charge in [0.1, 0.15) is 22.9 Å². The number of anilines is 1. The van der Waals surface area contributed by atoms with Gasteiger partial charge < -0.3 is 15.4 Å². The van der Waals surface area contributed by atoms with Gasteiger partial charge in [0.2, 0.25) is 5.88 Å². The maximum absolute atomic E-state index is 13.4. The second kappa shape index (κ2) is 7.53. The van der Waals surface area contributed by atoms with Gasteiger partial charge in [0, 0.05) is 24.2 Å². The Morgan fingerprint density at radius 2 is 2.21 bits per heavy atom. The third-order valence-electron chi connectivity index (χ3n) is 4.53. The molecule has 1 aliphatic heterocycles. The van der Waals surface area contributed by atoms with E-state index in [4.69, 9.17) is 22.1 Å². The van der Waals surface area contributed by atoms with Crippen LogP contribution < -0.4 is 20.9 Å². The van der Waals surface area contributed by atoms with Crippen LogP contribution in [0.25, 0.3) is 0 Å². The first-order valence-corrected chi connectivity index (χ1v) is 8.92. The van der Waals surface area contributed by atoms with E-state index < -0.39 is 5.56 Å². The zero-order valence-electron chi connectivity index (χ0n) is 14.7. The Kier molecular flexibility index (Phi) is 4.93. The Bertz CT molecular complexity index is 1090. The predicted octanol–water partition coefficient (Wildman–Crippen LogP) is 2.17. The molecule has 2 aromatic heterocycles. The van der Waals surface area contributed by atoms with E-state index >= 15 is 0 Å². The van der Waals surface area contributed by atoms with Gasteiger partial charge in [-0.25, -0.2) is 19.5 Å². The number of fused-ring (bicyclic) bond motifs is 1. The Morgan fingerprint density at radius 3 is 3.04 bits per heavy atom. The highest BCUT2D eigenvalue weighted by molar-refractivity contribution is 6.32. The molecule has 28 heavy (non-hydrogen) atoms. The van der Waals surface area contributed by atoms with Crippen LogP contribution in [0.3, 0.4) is 0 Å².